The van der Waals surface area contributed by atoms with Crippen LogP contribution in [-0.2, 0) is 14.8 Å². The topological polar surface area (TPSA) is 60.9 Å². The molecule has 2 radical (unpaired) electrons. The first kappa shape index (κ1) is 15.8. The fraction of sp³-hybridized carbons (Fsp3) is 0.917. The van der Waals surface area contributed by atoms with Crippen molar-refractivity contribution in [3.05, 3.63) is 0 Å². The summed E-state index contributed by atoms with van der Waals surface area (Å²) >= 11 is 0. The zero-order valence-corrected chi connectivity index (χ0v) is 13.0. The molecule has 0 N–H and O–H groups in total. The van der Waals surface area contributed by atoms with Gasteiger partial charge in [-0.05, 0) is 39.3 Å². The highest BCUT2D eigenvalue weighted by molar-refractivity contribution is 7.89. The number of sulfonamides is 1. The fourth-order valence-electron chi connectivity index (χ4n) is 2.98. The van der Waals surface area contributed by atoms with Gasteiger partial charge in [-0.25, -0.2) is 8.42 Å². The lowest BCUT2D eigenvalue weighted by Crippen LogP contribution is -2.48. The van der Waals surface area contributed by atoms with Gasteiger partial charge in [-0.2, -0.15) is 4.31 Å². The van der Waals surface area contributed by atoms with E-state index in [1.807, 2.05) is 4.90 Å². The summed E-state index contributed by atoms with van der Waals surface area (Å²) in [4.78, 5) is 16.1. The van der Waals surface area contributed by atoms with Crippen molar-refractivity contribution < 1.29 is 13.2 Å². The molecule has 2 rings (SSSR count). The minimum atomic E-state index is -3.32. The molecule has 0 aromatic heterocycles. The molecular formula is C12H22BN3O3S. The van der Waals surface area contributed by atoms with E-state index in [4.69, 9.17) is 7.98 Å². The Bertz CT molecular complexity index is 463. The highest BCUT2D eigenvalue weighted by Gasteiger charge is 2.41. The van der Waals surface area contributed by atoms with Crippen LogP contribution in [0.5, 0.6) is 0 Å². The highest BCUT2D eigenvalue weighted by atomic mass is 32.2. The zero-order chi connectivity index (χ0) is 14.9. The molecule has 0 aliphatic carbocycles. The largest absolute Gasteiger partial charge is 0.353 e. The molecule has 0 saturated carbocycles. The fourth-order valence-corrected chi connectivity index (χ4v) is 3.97. The van der Waals surface area contributed by atoms with E-state index < -0.39 is 16.1 Å². The van der Waals surface area contributed by atoms with Gasteiger partial charge >= 0.3 is 0 Å². The van der Waals surface area contributed by atoms with Crippen LogP contribution in [0, 0.1) is 0 Å². The first-order chi connectivity index (χ1) is 9.36. The smallest absolute Gasteiger partial charge is 0.241 e. The SMILES string of the molecule is [B]N1CCC(N2CCC(N(C)S(=O)(=O)CC)C2=O)CC1. The van der Waals surface area contributed by atoms with Crippen LogP contribution in [0.2, 0.25) is 0 Å². The quantitative estimate of drug-likeness (QED) is 0.652. The summed E-state index contributed by atoms with van der Waals surface area (Å²) in [6, 6.07) is -0.333. The molecule has 1 amide bonds. The van der Waals surface area contributed by atoms with E-state index in [2.05, 4.69) is 0 Å². The number of amides is 1. The molecule has 20 heavy (non-hydrogen) atoms. The second kappa shape index (κ2) is 6.03. The molecule has 2 aliphatic heterocycles. The zero-order valence-electron chi connectivity index (χ0n) is 12.2. The summed E-state index contributed by atoms with van der Waals surface area (Å²) < 4.78 is 25.0. The summed E-state index contributed by atoms with van der Waals surface area (Å²) in [5.74, 6) is -0.0289. The maximum absolute atomic E-state index is 12.5. The van der Waals surface area contributed by atoms with Gasteiger partial charge in [-0.15, -0.1) is 0 Å². The van der Waals surface area contributed by atoms with Crippen LogP contribution in [0.4, 0.5) is 0 Å². The lowest BCUT2D eigenvalue weighted by Gasteiger charge is -2.35. The number of likely N-dealkylation sites (N-methyl/N-ethyl adjacent to an activating group) is 1. The number of carbonyl (C=O) groups is 1. The van der Waals surface area contributed by atoms with E-state index in [1.54, 1.807) is 11.7 Å². The minimum Gasteiger partial charge on any atom is -0.353 e. The van der Waals surface area contributed by atoms with Crippen LogP contribution < -0.4 is 0 Å². The van der Waals surface area contributed by atoms with Gasteiger partial charge in [-0.1, -0.05) is 0 Å². The molecule has 0 aromatic rings. The molecule has 8 heteroatoms. The summed E-state index contributed by atoms with van der Waals surface area (Å²) in [5, 5.41) is 0. The van der Waals surface area contributed by atoms with Gasteiger partial charge in [0.25, 0.3) is 0 Å². The number of hydrogen-bond acceptors (Lipinski definition) is 4. The van der Waals surface area contributed by atoms with Crippen LogP contribution in [0.15, 0.2) is 0 Å². The molecule has 2 heterocycles. The molecule has 2 fully saturated rings. The third-order valence-electron chi connectivity index (χ3n) is 4.39. The second-order valence-electron chi connectivity index (χ2n) is 5.52. The molecule has 112 valence electrons. The molecule has 1 atom stereocenters. The van der Waals surface area contributed by atoms with E-state index in [1.165, 1.54) is 11.4 Å². The van der Waals surface area contributed by atoms with Crippen molar-refractivity contribution in [3.63, 3.8) is 0 Å². The average Bonchev–Trinajstić information content (AvgIpc) is 2.80. The summed E-state index contributed by atoms with van der Waals surface area (Å²) in [6.07, 6.45) is 2.30. The van der Waals surface area contributed by atoms with Gasteiger partial charge in [0.05, 0.1) is 5.75 Å². The number of likely N-dealkylation sites (tertiary alicyclic amines) is 1. The first-order valence-electron chi connectivity index (χ1n) is 7.12. The van der Waals surface area contributed by atoms with Crippen LogP contribution in [-0.4, -0.2) is 80.8 Å². The predicted octanol–water partition coefficient (Wildman–Crippen LogP) is -0.583. The van der Waals surface area contributed by atoms with Gasteiger partial charge in [-0.3, -0.25) is 4.79 Å². The number of rotatable bonds is 4. The van der Waals surface area contributed by atoms with Gasteiger partial charge in [0.1, 0.15) is 6.04 Å². The Balaban J connectivity index is 2.02. The Morgan fingerprint density at radius 2 is 1.85 bits per heavy atom. The number of nitrogens with zero attached hydrogens (tertiary/aromatic N) is 3. The molecule has 2 saturated heterocycles. The average molecular weight is 299 g/mol. The third kappa shape index (κ3) is 3.02. The van der Waals surface area contributed by atoms with Gasteiger partial charge < -0.3 is 9.71 Å². The van der Waals surface area contributed by atoms with E-state index >= 15 is 0 Å². The normalized spacial score (nSPS) is 26.6. The first-order valence-corrected chi connectivity index (χ1v) is 8.73. The summed E-state index contributed by atoms with van der Waals surface area (Å²) in [6.45, 7) is 3.80. The highest BCUT2D eigenvalue weighted by Crippen LogP contribution is 2.25. The molecule has 1 unspecified atom stereocenters. The second-order valence-corrected chi connectivity index (χ2v) is 7.84. The Labute approximate surface area is 122 Å². The number of carbonyl (C=O) groups excluding carboxylic acids is 1. The van der Waals surface area contributed by atoms with Gasteiger partial charge in [0.15, 0.2) is 7.98 Å². The Kier molecular flexibility index (Phi) is 4.76. The standard InChI is InChI=1S/C12H22BN3O3S/c1-3-20(18,19)14(2)11-6-9-16(12(11)17)10-4-7-15(13)8-5-10/h10-11H,3-9H2,1-2H3. The molecular weight excluding hydrogens is 277 g/mol. The van der Waals surface area contributed by atoms with Crippen molar-refractivity contribution in [2.45, 2.75) is 38.3 Å². The van der Waals surface area contributed by atoms with Gasteiger partial charge in [0.2, 0.25) is 15.9 Å². The van der Waals surface area contributed by atoms with Crippen molar-refractivity contribution in [1.29, 1.82) is 0 Å². The third-order valence-corrected chi connectivity index (χ3v) is 6.26. The molecule has 2 aliphatic rings. The van der Waals surface area contributed by atoms with Crippen molar-refractivity contribution in [1.82, 2.24) is 14.0 Å². The summed E-state index contributed by atoms with van der Waals surface area (Å²) in [7, 11) is 3.91. The van der Waals surface area contributed by atoms with Crippen molar-refractivity contribution in [2.75, 3.05) is 32.4 Å². The Morgan fingerprint density at radius 3 is 2.40 bits per heavy atom. The summed E-state index contributed by atoms with van der Waals surface area (Å²) in [5.41, 5.74) is 0. The molecule has 0 bridgehead atoms. The molecule has 0 aromatic carbocycles. The van der Waals surface area contributed by atoms with Crippen LogP contribution in [0.3, 0.4) is 0 Å². The van der Waals surface area contributed by atoms with E-state index in [-0.39, 0.29) is 17.7 Å². The lowest BCUT2D eigenvalue weighted by atomic mass is 10.0. The van der Waals surface area contributed by atoms with Crippen LogP contribution in [0.25, 0.3) is 0 Å². The van der Waals surface area contributed by atoms with E-state index in [0.29, 0.717) is 13.0 Å². The maximum atomic E-state index is 12.5. The number of hydrogen-bond donors (Lipinski definition) is 0. The lowest BCUT2D eigenvalue weighted by molar-refractivity contribution is -0.133. The Morgan fingerprint density at radius 1 is 1.25 bits per heavy atom. The monoisotopic (exact) mass is 299 g/mol. The van der Waals surface area contributed by atoms with Crippen LogP contribution >= 0.6 is 0 Å². The van der Waals surface area contributed by atoms with Crippen LogP contribution in [0.1, 0.15) is 26.2 Å². The van der Waals surface area contributed by atoms with E-state index in [0.717, 1.165) is 25.9 Å². The van der Waals surface area contributed by atoms with E-state index in [9.17, 15) is 13.2 Å². The van der Waals surface area contributed by atoms with Crippen molar-refractivity contribution in [3.8, 4) is 0 Å². The molecule has 0 spiro atoms. The van der Waals surface area contributed by atoms with Gasteiger partial charge in [0, 0.05) is 19.6 Å². The van der Waals surface area contributed by atoms with Crippen molar-refractivity contribution in [2.24, 2.45) is 0 Å². The minimum absolute atomic E-state index is 0.0266. The molecule has 6 nitrogen and oxygen atoms in total. The Hall–Kier alpha value is -0.595. The van der Waals surface area contributed by atoms with Crippen molar-refractivity contribution >= 4 is 23.9 Å². The maximum Gasteiger partial charge on any atom is 0.241 e. The number of piperidine rings is 1. The predicted molar refractivity (Wildman–Crippen MR) is 77.7 cm³/mol.